The molecule has 29 heavy (non-hydrogen) atoms. The van der Waals surface area contributed by atoms with Crippen LogP contribution >= 0.6 is 11.3 Å². The molecule has 0 aliphatic carbocycles. The summed E-state index contributed by atoms with van der Waals surface area (Å²) in [5.41, 5.74) is 1.55. The number of carbonyl (C=O) groups is 5. The maximum atomic E-state index is 12.7. The fourth-order valence-corrected chi connectivity index (χ4v) is 4.49. The summed E-state index contributed by atoms with van der Waals surface area (Å²) in [6.07, 6.45) is 0.485. The van der Waals surface area contributed by atoms with Crippen molar-refractivity contribution >= 4 is 40.7 Å². The van der Waals surface area contributed by atoms with Gasteiger partial charge in [0.05, 0.1) is 12.1 Å². The molecule has 4 rings (SSSR count). The van der Waals surface area contributed by atoms with E-state index in [9.17, 15) is 24.0 Å². The molecule has 148 valence electrons. The largest absolute Gasteiger partial charge is 0.344 e. The van der Waals surface area contributed by atoms with Gasteiger partial charge in [0.15, 0.2) is 0 Å². The number of ketones is 1. The van der Waals surface area contributed by atoms with Gasteiger partial charge in [-0.25, -0.2) is 0 Å². The van der Waals surface area contributed by atoms with Gasteiger partial charge in [-0.15, -0.1) is 11.3 Å². The van der Waals surface area contributed by atoms with Crippen LogP contribution in [0.4, 0.5) is 0 Å². The van der Waals surface area contributed by atoms with E-state index in [2.05, 4.69) is 10.6 Å². The smallest absolute Gasteiger partial charge is 0.292 e. The number of imide groups is 1. The number of amides is 4. The summed E-state index contributed by atoms with van der Waals surface area (Å²) >= 11 is 1.33. The fraction of sp³-hybridized carbons (Fsp3) is 0.250. The lowest BCUT2D eigenvalue weighted by Crippen LogP contribution is -2.52. The predicted octanol–water partition coefficient (Wildman–Crippen LogP) is 1.01. The first-order chi connectivity index (χ1) is 14.0. The number of hydrogen-bond acceptors (Lipinski definition) is 6. The van der Waals surface area contributed by atoms with Gasteiger partial charge in [-0.05, 0) is 12.0 Å². The molecule has 2 N–H and O–H groups in total. The minimum Gasteiger partial charge on any atom is -0.344 e. The number of carbonyl (C=O) groups excluding carboxylic acids is 5. The third-order valence-corrected chi connectivity index (χ3v) is 6.07. The first-order valence-corrected chi connectivity index (χ1v) is 9.95. The van der Waals surface area contributed by atoms with Crippen LogP contribution in [0.1, 0.15) is 44.0 Å². The molecule has 4 amide bonds. The molecule has 0 saturated carbocycles. The Morgan fingerprint density at radius 3 is 2.66 bits per heavy atom. The van der Waals surface area contributed by atoms with Crippen LogP contribution in [0.15, 0.2) is 35.7 Å². The van der Waals surface area contributed by atoms with E-state index >= 15 is 0 Å². The van der Waals surface area contributed by atoms with Crippen LogP contribution in [0, 0.1) is 0 Å². The summed E-state index contributed by atoms with van der Waals surface area (Å²) in [6.45, 7) is 0.357. The summed E-state index contributed by atoms with van der Waals surface area (Å²) < 4.78 is 0. The monoisotopic (exact) mass is 411 g/mol. The highest BCUT2D eigenvalue weighted by atomic mass is 32.1. The number of fused-ring (bicyclic) bond motifs is 1. The quantitative estimate of drug-likeness (QED) is 0.433. The minimum absolute atomic E-state index is 0.119. The summed E-state index contributed by atoms with van der Waals surface area (Å²) in [4.78, 5) is 62.7. The molecular weight excluding hydrogens is 394 g/mol. The Bertz CT molecular complexity index is 1030. The molecule has 2 aliphatic heterocycles. The summed E-state index contributed by atoms with van der Waals surface area (Å²) in [5.74, 6) is -2.40. The lowest BCUT2D eigenvalue weighted by Gasteiger charge is -2.29. The molecule has 9 heteroatoms. The van der Waals surface area contributed by atoms with Crippen LogP contribution in [0.3, 0.4) is 0 Å². The Morgan fingerprint density at radius 2 is 1.93 bits per heavy atom. The fourth-order valence-electron chi connectivity index (χ4n) is 3.51. The van der Waals surface area contributed by atoms with Crippen LogP contribution in [0.5, 0.6) is 0 Å². The molecule has 1 atom stereocenters. The van der Waals surface area contributed by atoms with Crippen molar-refractivity contribution in [3.8, 4) is 0 Å². The zero-order valence-electron chi connectivity index (χ0n) is 15.3. The van der Waals surface area contributed by atoms with Crippen molar-refractivity contribution in [1.29, 1.82) is 0 Å². The van der Waals surface area contributed by atoms with E-state index in [0.717, 1.165) is 10.4 Å². The molecule has 0 spiro atoms. The van der Waals surface area contributed by atoms with Gasteiger partial charge in [-0.1, -0.05) is 30.3 Å². The van der Waals surface area contributed by atoms with Crippen LogP contribution in [-0.2, 0) is 27.5 Å². The second kappa shape index (κ2) is 7.59. The molecule has 8 nitrogen and oxygen atoms in total. The lowest BCUT2D eigenvalue weighted by molar-refractivity contribution is -0.136. The minimum atomic E-state index is -0.718. The molecule has 2 aromatic rings. The van der Waals surface area contributed by atoms with E-state index in [1.54, 1.807) is 35.7 Å². The second-order valence-electron chi connectivity index (χ2n) is 6.83. The molecule has 0 bridgehead atoms. The first-order valence-electron chi connectivity index (χ1n) is 9.07. The lowest BCUT2D eigenvalue weighted by atomic mass is 10.0. The van der Waals surface area contributed by atoms with E-state index in [0.29, 0.717) is 17.5 Å². The van der Waals surface area contributed by atoms with Crippen molar-refractivity contribution in [3.63, 3.8) is 0 Å². The van der Waals surface area contributed by atoms with Gasteiger partial charge in [-0.3, -0.25) is 29.3 Å². The summed E-state index contributed by atoms with van der Waals surface area (Å²) in [6, 6.07) is 7.58. The van der Waals surface area contributed by atoms with Gasteiger partial charge < -0.3 is 10.2 Å². The van der Waals surface area contributed by atoms with Gasteiger partial charge in [0.1, 0.15) is 6.04 Å². The summed E-state index contributed by atoms with van der Waals surface area (Å²) in [5, 5.41) is 6.57. The average molecular weight is 411 g/mol. The normalized spacial score (nSPS) is 18.4. The van der Waals surface area contributed by atoms with Crippen molar-refractivity contribution in [1.82, 2.24) is 15.5 Å². The van der Waals surface area contributed by atoms with Crippen molar-refractivity contribution in [2.75, 3.05) is 0 Å². The Balaban J connectivity index is 1.43. The molecule has 3 heterocycles. The molecule has 0 radical (unpaired) electrons. The van der Waals surface area contributed by atoms with Gasteiger partial charge in [0, 0.05) is 28.8 Å². The van der Waals surface area contributed by atoms with Gasteiger partial charge in [0.25, 0.3) is 11.8 Å². The molecule has 2 aliphatic rings. The Morgan fingerprint density at radius 1 is 1.17 bits per heavy atom. The number of piperidine rings is 1. The summed E-state index contributed by atoms with van der Waals surface area (Å²) in [7, 11) is 0. The topological polar surface area (TPSA) is 113 Å². The van der Waals surface area contributed by atoms with Crippen LogP contribution in [0.2, 0.25) is 0 Å². The Kier molecular flexibility index (Phi) is 4.98. The number of thiophene rings is 1. The van der Waals surface area contributed by atoms with E-state index in [-0.39, 0.29) is 31.3 Å². The van der Waals surface area contributed by atoms with Gasteiger partial charge in [0.2, 0.25) is 17.6 Å². The zero-order valence-corrected chi connectivity index (χ0v) is 16.1. The van der Waals surface area contributed by atoms with Crippen molar-refractivity contribution in [2.24, 2.45) is 0 Å². The van der Waals surface area contributed by atoms with E-state index in [1.165, 1.54) is 16.2 Å². The highest BCUT2D eigenvalue weighted by molar-refractivity contribution is 7.10. The molecular formula is C20H17N3O5S. The maximum Gasteiger partial charge on any atom is 0.292 e. The number of rotatable bonds is 5. The Hall–Kier alpha value is -3.33. The van der Waals surface area contributed by atoms with E-state index < -0.39 is 23.6 Å². The first kappa shape index (κ1) is 19.0. The Labute approximate surface area is 169 Å². The van der Waals surface area contributed by atoms with Crippen molar-refractivity contribution in [2.45, 2.75) is 32.0 Å². The zero-order chi connectivity index (χ0) is 20.5. The van der Waals surface area contributed by atoms with E-state index in [4.69, 9.17) is 0 Å². The number of nitrogens with zero attached hydrogens (tertiary/aromatic N) is 1. The standard InChI is InChI=1S/C20H17N3O5S/c24-16-7-6-14(18(26)22-16)23-9-12-13(20(23)28)10-29-15(12)8-21-19(27)17(25)11-4-2-1-3-5-11/h1-5,10,14H,6-9H2,(H,21,27)(H,22,24,26). The van der Waals surface area contributed by atoms with Crippen molar-refractivity contribution in [3.05, 3.63) is 57.3 Å². The van der Waals surface area contributed by atoms with Gasteiger partial charge in [-0.2, -0.15) is 0 Å². The highest BCUT2D eigenvalue weighted by Crippen LogP contribution is 2.33. The second-order valence-corrected chi connectivity index (χ2v) is 7.79. The highest BCUT2D eigenvalue weighted by Gasteiger charge is 2.40. The predicted molar refractivity (Wildman–Crippen MR) is 103 cm³/mol. The van der Waals surface area contributed by atoms with Crippen LogP contribution < -0.4 is 10.6 Å². The third kappa shape index (κ3) is 3.56. The third-order valence-electron chi connectivity index (χ3n) is 5.04. The molecule has 1 aromatic carbocycles. The van der Waals surface area contributed by atoms with Crippen molar-refractivity contribution < 1.29 is 24.0 Å². The maximum absolute atomic E-state index is 12.7. The molecule has 1 unspecified atom stereocenters. The van der Waals surface area contributed by atoms with Gasteiger partial charge >= 0.3 is 0 Å². The number of benzene rings is 1. The van der Waals surface area contributed by atoms with Crippen LogP contribution in [0.25, 0.3) is 0 Å². The molecule has 1 aromatic heterocycles. The number of hydrogen-bond donors (Lipinski definition) is 2. The average Bonchev–Trinajstić information content (AvgIpc) is 3.26. The molecule has 1 saturated heterocycles. The van der Waals surface area contributed by atoms with E-state index in [1.807, 2.05) is 0 Å². The number of Topliss-reactive ketones (excluding diaryl/α,β-unsaturated/α-hetero) is 1. The SMILES string of the molecule is O=C1CCC(N2Cc3c(csc3CNC(=O)C(=O)c3ccccc3)C2=O)C(=O)N1. The van der Waals surface area contributed by atoms with Crippen LogP contribution in [-0.4, -0.2) is 40.4 Å². The molecule has 1 fully saturated rings. The number of nitrogens with one attached hydrogen (secondary N) is 2.